The van der Waals surface area contributed by atoms with Crippen molar-refractivity contribution < 1.29 is 0 Å². The molecule has 0 nitrogen and oxygen atoms in total. The van der Waals surface area contributed by atoms with Crippen molar-refractivity contribution in [3.05, 3.63) is 84.9 Å². The predicted octanol–water partition coefficient (Wildman–Crippen LogP) is 6.53. The van der Waals surface area contributed by atoms with Gasteiger partial charge in [-0.3, -0.25) is 0 Å². The average Bonchev–Trinajstić information content (AvgIpc) is 2.66. The predicted molar refractivity (Wildman–Crippen MR) is 105 cm³/mol. The van der Waals surface area contributed by atoms with E-state index in [-0.39, 0.29) is 10.9 Å². The van der Waals surface area contributed by atoms with Gasteiger partial charge >= 0.3 is 0 Å². The van der Waals surface area contributed by atoms with Crippen LogP contribution < -0.4 is 0 Å². The number of hydrogen-bond acceptors (Lipinski definition) is 1. The number of thioether (sulfide) groups is 1. The van der Waals surface area contributed by atoms with Crippen LogP contribution in [-0.4, -0.2) is 6.26 Å². The SMILES string of the molecule is CC.CSc1ccc([S+](c2ccccc2)c2ccccc2)cc1. The molecule has 23 heavy (non-hydrogen) atoms. The molecule has 0 fully saturated rings. The molecule has 0 aliphatic heterocycles. The zero-order valence-corrected chi connectivity index (χ0v) is 15.5. The van der Waals surface area contributed by atoms with Crippen LogP contribution >= 0.6 is 11.8 Å². The summed E-state index contributed by atoms with van der Waals surface area (Å²) in [6.45, 7) is 4.00. The summed E-state index contributed by atoms with van der Waals surface area (Å²) in [4.78, 5) is 5.40. The van der Waals surface area contributed by atoms with Gasteiger partial charge < -0.3 is 0 Å². The summed E-state index contributed by atoms with van der Waals surface area (Å²) >= 11 is 1.78. The molecule has 3 rings (SSSR count). The van der Waals surface area contributed by atoms with Crippen molar-refractivity contribution in [2.24, 2.45) is 0 Å². The van der Waals surface area contributed by atoms with Gasteiger partial charge in [-0.05, 0) is 54.8 Å². The van der Waals surface area contributed by atoms with Gasteiger partial charge in [0, 0.05) is 4.90 Å². The Morgan fingerprint density at radius 3 is 1.35 bits per heavy atom. The Labute approximate surface area is 147 Å². The molecule has 0 spiro atoms. The minimum absolute atomic E-state index is 0.0341. The van der Waals surface area contributed by atoms with E-state index in [9.17, 15) is 0 Å². The maximum Gasteiger partial charge on any atom is 0.166 e. The fourth-order valence-electron chi connectivity index (χ4n) is 2.23. The lowest BCUT2D eigenvalue weighted by atomic mass is 10.4. The third-order valence-electron chi connectivity index (χ3n) is 3.25. The first-order chi connectivity index (χ1) is 11.4. The summed E-state index contributed by atoms with van der Waals surface area (Å²) in [5.41, 5.74) is 0. The minimum atomic E-state index is -0.0341. The highest BCUT2D eigenvalue weighted by molar-refractivity contribution is 7.98. The van der Waals surface area contributed by atoms with Gasteiger partial charge in [0.1, 0.15) is 0 Å². The molecule has 0 saturated carbocycles. The molecule has 0 atom stereocenters. The Bertz CT molecular complexity index is 637. The number of hydrogen-bond donors (Lipinski definition) is 0. The number of rotatable bonds is 4. The summed E-state index contributed by atoms with van der Waals surface area (Å²) in [7, 11) is -0.0341. The quantitative estimate of drug-likeness (QED) is 0.384. The van der Waals surface area contributed by atoms with Crippen LogP contribution in [0.2, 0.25) is 0 Å². The monoisotopic (exact) mass is 339 g/mol. The fraction of sp³-hybridized carbons (Fsp3) is 0.143. The van der Waals surface area contributed by atoms with Crippen LogP contribution in [0.15, 0.2) is 105 Å². The van der Waals surface area contributed by atoms with E-state index in [1.54, 1.807) is 11.8 Å². The Kier molecular flexibility index (Phi) is 7.31. The Hall–Kier alpha value is -1.64. The van der Waals surface area contributed by atoms with Crippen LogP contribution in [-0.2, 0) is 10.9 Å². The molecule has 0 aromatic heterocycles. The molecule has 3 aromatic rings. The zero-order valence-electron chi connectivity index (χ0n) is 13.9. The van der Waals surface area contributed by atoms with Gasteiger partial charge in [0.05, 0.1) is 10.9 Å². The first kappa shape index (κ1) is 17.7. The molecule has 118 valence electrons. The van der Waals surface area contributed by atoms with E-state index in [4.69, 9.17) is 0 Å². The Morgan fingerprint density at radius 2 is 0.957 bits per heavy atom. The van der Waals surface area contributed by atoms with Crippen LogP contribution in [0.25, 0.3) is 0 Å². The molecular weight excluding hydrogens is 316 g/mol. The van der Waals surface area contributed by atoms with E-state index in [0.717, 1.165) is 0 Å². The summed E-state index contributed by atoms with van der Waals surface area (Å²) in [6.07, 6.45) is 2.11. The van der Waals surface area contributed by atoms with Crippen molar-refractivity contribution >= 4 is 22.7 Å². The Morgan fingerprint density at radius 1 is 0.565 bits per heavy atom. The van der Waals surface area contributed by atoms with Gasteiger partial charge in [-0.1, -0.05) is 50.2 Å². The zero-order chi connectivity index (χ0) is 16.5. The molecule has 0 amide bonds. The third kappa shape index (κ3) is 4.66. The summed E-state index contributed by atoms with van der Waals surface area (Å²) in [6, 6.07) is 30.5. The molecule has 0 saturated heterocycles. The molecule has 0 aliphatic rings. The standard InChI is InChI=1S/C19H17S2.C2H6/c1-20-16-12-14-19(15-13-16)21(17-8-4-2-5-9-17)18-10-6-3-7-11-18;1-2/h2-15H,1H3;1-2H3/q+1;. The van der Waals surface area contributed by atoms with E-state index >= 15 is 0 Å². The first-order valence-electron chi connectivity index (χ1n) is 7.87. The lowest BCUT2D eigenvalue weighted by molar-refractivity contribution is 1.29. The van der Waals surface area contributed by atoms with Crippen LogP contribution in [0, 0.1) is 0 Å². The van der Waals surface area contributed by atoms with E-state index in [0.29, 0.717) is 0 Å². The van der Waals surface area contributed by atoms with Crippen molar-refractivity contribution in [2.75, 3.05) is 6.26 Å². The summed E-state index contributed by atoms with van der Waals surface area (Å²) in [5, 5.41) is 0. The van der Waals surface area contributed by atoms with E-state index < -0.39 is 0 Å². The maximum absolute atomic E-state index is 2.26. The molecule has 0 bridgehead atoms. The molecular formula is C21H23S2+. The van der Waals surface area contributed by atoms with Gasteiger partial charge in [0.25, 0.3) is 0 Å². The fourth-order valence-corrected chi connectivity index (χ4v) is 4.72. The second kappa shape index (κ2) is 9.49. The maximum atomic E-state index is 2.26. The van der Waals surface area contributed by atoms with Gasteiger partial charge in [-0.25, -0.2) is 0 Å². The molecule has 0 aliphatic carbocycles. The second-order valence-electron chi connectivity index (χ2n) is 4.61. The van der Waals surface area contributed by atoms with Crippen LogP contribution in [0.4, 0.5) is 0 Å². The van der Waals surface area contributed by atoms with Crippen molar-refractivity contribution in [1.29, 1.82) is 0 Å². The van der Waals surface area contributed by atoms with Crippen molar-refractivity contribution in [1.82, 2.24) is 0 Å². The number of benzene rings is 3. The normalized spacial score (nSPS) is 10.1. The van der Waals surface area contributed by atoms with E-state index in [2.05, 4.69) is 91.2 Å². The molecule has 0 heterocycles. The first-order valence-corrected chi connectivity index (χ1v) is 10.3. The van der Waals surface area contributed by atoms with Crippen LogP contribution in [0.1, 0.15) is 13.8 Å². The smallest absolute Gasteiger partial charge is 0.130 e. The molecule has 2 heteroatoms. The highest BCUT2D eigenvalue weighted by Gasteiger charge is 2.27. The van der Waals surface area contributed by atoms with E-state index in [1.165, 1.54) is 19.6 Å². The average molecular weight is 340 g/mol. The van der Waals surface area contributed by atoms with Crippen LogP contribution in [0.5, 0.6) is 0 Å². The molecule has 0 unspecified atom stereocenters. The van der Waals surface area contributed by atoms with Crippen molar-refractivity contribution in [3.8, 4) is 0 Å². The highest BCUT2D eigenvalue weighted by Crippen LogP contribution is 2.31. The second-order valence-corrected chi connectivity index (χ2v) is 7.51. The van der Waals surface area contributed by atoms with Crippen molar-refractivity contribution in [3.63, 3.8) is 0 Å². The van der Waals surface area contributed by atoms with Crippen LogP contribution in [0.3, 0.4) is 0 Å². The van der Waals surface area contributed by atoms with E-state index in [1.807, 2.05) is 13.8 Å². The molecule has 3 aromatic carbocycles. The third-order valence-corrected chi connectivity index (χ3v) is 6.23. The summed E-state index contributed by atoms with van der Waals surface area (Å²) in [5.74, 6) is 0. The molecule has 0 N–H and O–H groups in total. The minimum Gasteiger partial charge on any atom is -0.130 e. The van der Waals surface area contributed by atoms with Crippen molar-refractivity contribution in [2.45, 2.75) is 33.4 Å². The van der Waals surface area contributed by atoms with Gasteiger partial charge in [-0.15, -0.1) is 11.8 Å². The van der Waals surface area contributed by atoms with Gasteiger partial charge in [0.15, 0.2) is 14.7 Å². The summed E-state index contributed by atoms with van der Waals surface area (Å²) < 4.78 is 0. The largest absolute Gasteiger partial charge is 0.166 e. The molecule has 0 radical (unpaired) electrons. The Balaban J connectivity index is 0.000000924. The topological polar surface area (TPSA) is 0 Å². The highest BCUT2D eigenvalue weighted by atomic mass is 32.2. The van der Waals surface area contributed by atoms with Gasteiger partial charge in [-0.2, -0.15) is 0 Å². The van der Waals surface area contributed by atoms with Gasteiger partial charge in [0.2, 0.25) is 0 Å². The lowest BCUT2D eigenvalue weighted by Crippen LogP contribution is -2.04. The lowest BCUT2D eigenvalue weighted by Gasteiger charge is -2.08.